The summed E-state index contributed by atoms with van der Waals surface area (Å²) >= 11 is 3.87. The number of ether oxygens (including phenoxy) is 1. The van der Waals surface area contributed by atoms with Crippen LogP contribution in [-0.2, 0) is 11.3 Å². The molecule has 2 heterocycles. The molecule has 4 heteroatoms. The molecule has 1 saturated heterocycles. The first-order valence-electron chi connectivity index (χ1n) is 9.88. The van der Waals surface area contributed by atoms with Gasteiger partial charge in [0.25, 0.3) is 0 Å². The van der Waals surface area contributed by atoms with E-state index in [1.165, 1.54) is 37.9 Å². The highest BCUT2D eigenvalue weighted by molar-refractivity contribution is 8.23. The predicted molar refractivity (Wildman–Crippen MR) is 127 cm³/mol. The van der Waals surface area contributed by atoms with Crippen molar-refractivity contribution in [2.75, 3.05) is 23.5 Å². The van der Waals surface area contributed by atoms with Crippen LogP contribution in [0.5, 0.6) is 0 Å². The molecule has 0 bridgehead atoms. The first-order chi connectivity index (χ1) is 14.3. The van der Waals surface area contributed by atoms with Gasteiger partial charge < -0.3 is 9.64 Å². The zero-order valence-electron chi connectivity index (χ0n) is 16.4. The van der Waals surface area contributed by atoms with E-state index in [2.05, 4.69) is 83.8 Å². The number of thioether (sulfide) groups is 2. The monoisotopic (exact) mass is 417 g/mol. The van der Waals surface area contributed by atoms with Crippen molar-refractivity contribution in [1.82, 2.24) is 0 Å². The summed E-state index contributed by atoms with van der Waals surface area (Å²) in [6, 6.07) is 28.4. The largest absolute Gasteiger partial charge is 0.380 e. The maximum atomic E-state index is 5.58. The number of methoxy groups -OCH3 is 1. The van der Waals surface area contributed by atoms with Gasteiger partial charge in [0, 0.05) is 57.5 Å². The second-order valence-electron chi connectivity index (χ2n) is 7.25. The van der Waals surface area contributed by atoms with Crippen LogP contribution in [0.4, 0.5) is 11.4 Å². The second kappa shape index (κ2) is 8.31. The Bertz CT molecular complexity index is 988. The van der Waals surface area contributed by atoms with Crippen molar-refractivity contribution in [2.45, 2.75) is 12.6 Å². The lowest BCUT2D eigenvalue weighted by atomic mass is 9.91. The second-order valence-corrected chi connectivity index (χ2v) is 9.57. The molecule has 0 spiro atoms. The topological polar surface area (TPSA) is 12.5 Å². The molecule has 0 aromatic heterocycles. The van der Waals surface area contributed by atoms with E-state index < -0.39 is 0 Å². The van der Waals surface area contributed by atoms with Gasteiger partial charge in [0.05, 0.1) is 6.10 Å². The van der Waals surface area contributed by atoms with E-state index in [0.717, 1.165) is 18.1 Å². The van der Waals surface area contributed by atoms with Crippen LogP contribution in [0, 0.1) is 0 Å². The number of nitrogens with zero attached hydrogens (tertiary/aromatic N) is 1. The van der Waals surface area contributed by atoms with Crippen molar-refractivity contribution in [3.05, 3.63) is 99.8 Å². The lowest BCUT2D eigenvalue weighted by molar-refractivity contribution is 0.141. The van der Waals surface area contributed by atoms with Crippen LogP contribution in [-0.4, -0.2) is 24.7 Å². The molecule has 0 saturated carbocycles. The zero-order chi connectivity index (χ0) is 19.6. The maximum absolute atomic E-state index is 5.58. The van der Waals surface area contributed by atoms with E-state index in [9.17, 15) is 0 Å². The molecule has 2 nitrogen and oxygen atoms in total. The molecule has 0 amide bonds. The van der Waals surface area contributed by atoms with E-state index >= 15 is 0 Å². The van der Waals surface area contributed by atoms with Gasteiger partial charge in [-0.3, -0.25) is 0 Å². The summed E-state index contributed by atoms with van der Waals surface area (Å²) in [6.45, 7) is 0.865. The van der Waals surface area contributed by atoms with Crippen LogP contribution in [0.25, 0.3) is 5.57 Å². The zero-order valence-corrected chi connectivity index (χ0v) is 18.0. The molecule has 0 unspecified atom stereocenters. The van der Waals surface area contributed by atoms with Gasteiger partial charge in [0.1, 0.15) is 0 Å². The summed E-state index contributed by atoms with van der Waals surface area (Å²) in [5.74, 6) is 2.03. The molecular weight excluding hydrogens is 394 g/mol. The SMILES string of the molecule is COC1CSC(=C2c3ccccc3N(Cc3ccccc3)c3ccccc32)SC1. The third-order valence-electron chi connectivity index (χ3n) is 5.45. The van der Waals surface area contributed by atoms with Crippen LogP contribution in [0.3, 0.4) is 0 Å². The molecule has 5 rings (SSSR count). The number of hydrogen-bond donors (Lipinski definition) is 0. The summed E-state index contributed by atoms with van der Waals surface area (Å²) in [4.78, 5) is 2.46. The maximum Gasteiger partial charge on any atom is 0.0759 e. The van der Waals surface area contributed by atoms with Crippen molar-refractivity contribution < 1.29 is 4.74 Å². The van der Waals surface area contributed by atoms with E-state index in [-0.39, 0.29) is 0 Å². The fourth-order valence-electron chi connectivity index (χ4n) is 3.98. The number of fused-ring (bicyclic) bond motifs is 2. The molecule has 1 fully saturated rings. The summed E-state index contributed by atoms with van der Waals surface area (Å²) in [6.07, 6.45) is 0.331. The average molecular weight is 418 g/mol. The first kappa shape index (κ1) is 18.9. The predicted octanol–water partition coefficient (Wildman–Crippen LogP) is 6.55. The fourth-order valence-corrected chi connectivity index (χ4v) is 6.78. The van der Waals surface area contributed by atoms with E-state index in [1.807, 2.05) is 30.6 Å². The quantitative estimate of drug-likeness (QED) is 0.479. The molecule has 2 aliphatic heterocycles. The van der Waals surface area contributed by atoms with Crippen molar-refractivity contribution in [3.8, 4) is 0 Å². The minimum Gasteiger partial charge on any atom is -0.380 e. The Morgan fingerprint density at radius 2 is 1.34 bits per heavy atom. The third kappa shape index (κ3) is 3.61. The van der Waals surface area contributed by atoms with Gasteiger partial charge in [0.2, 0.25) is 0 Å². The molecule has 0 N–H and O–H groups in total. The van der Waals surface area contributed by atoms with Crippen molar-refractivity contribution >= 4 is 40.5 Å². The summed E-state index contributed by atoms with van der Waals surface area (Å²) in [7, 11) is 1.82. The van der Waals surface area contributed by atoms with Gasteiger partial charge in [0.15, 0.2) is 0 Å². The Balaban J connectivity index is 1.64. The lowest BCUT2D eigenvalue weighted by Gasteiger charge is -2.36. The Labute approximate surface area is 181 Å². The van der Waals surface area contributed by atoms with Crippen LogP contribution in [0.1, 0.15) is 16.7 Å². The highest BCUT2D eigenvalue weighted by Crippen LogP contribution is 2.51. The van der Waals surface area contributed by atoms with Crippen molar-refractivity contribution in [2.24, 2.45) is 0 Å². The normalized spacial score (nSPS) is 18.4. The Morgan fingerprint density at radius 1 is 0.793 bits per heavy atom. The van der Waals surface area contributed by atoms with E-state index in [1.54, 1.807) is 0 Å². The molecule has 3 aromatic carbocycles. The van der Waals surface area contributed by atoms with Gasteiger partial charge in [-0.1, -0.05) is 66.7 Å². The smallest absolute Gasteiger partial charge is 0.0759 e. The molecule has 0 radical (unpaired) electrons. The highest BCUT2D eigenvalue weighted by atomic mass is 32.2. The van der Waals surface area contributed by atoms with Crippen molar-refractivity contribution in [1.29, 1.82) is 0 Å². The summed E-state index contributed by atoms with van der Waals surface area (Å²) < 4.78 is 6.99. The van der Waals surface area contributed by atoms with Crippen LogP contribution < -0.4 is 4.90 Å². The number of para-hydroxylation sites is 2. The number of hydrogen-bond acceptors (Lipinski definition) is 4. The molecule has 3 aromatic rings. The molecule has 0 aliphatic carbocycles. The van der Waals surface area contributed by atoms with E-state index in [0.29, 0.717) is 6.10 Å². The van der Waals surface area contributed by atoms with Gasteiger partial charge in [-0.25, -0.2) is 0 Å². The molecule has 146 valence electrons. The molecule has 29 heavy (non-hydrogen) atoms. The minimum atomic E-state index is 0.331. The number of benzene rings is 3. The van der Waals surface area contributed by atoms with E-state index in [4.69, 9.17) is 4.74 Å². The summed E-state index contributed by atoms with van der Waals surface area (Å²) in [5, 5.41) is 0. The van der Waals surface area contributed by atoms with Crippen LogP contribution >= 0.6 is 23.5 Å². The fraction of sp³-hybridized carbons (Fsp3) is 0.200. The highest BCUT2D eigenvalue weighted by Gasteiger charge is 2.30. The Morgan fingerprint density at radius 3 is 1.93 bits per heavy atom. The Hall–Kier alpha value is -2.14. The summed E-state index contributed by atoms with van der Waals surface area (Å²) in [5.41, 5.74) is 7.92. The first-order valence-corrected chi connectivity index (χ1v) is 11.8. The number of rotatable bonds is 3. The van der Waals surface area contributed by atoms with Gasteiger partial charge in [-0.15, -0.1) is 23.5 Å². The molecule has 2 aliphatic rings. The standard InChI is InChI=1S/C25H23NOS2/c1-27-19-16-28-25(29-17-19)24-20-11-5-7-13-22(20)26(15-18-9-3-2-4-10-18)23-14-8-6-12-21(23)24/h2-14,19H,15-17H2,1H3. The number of anilines is 2. The lowest BCUT2D eigenvalue weighted by Crippen LogP contribution is -2.24. The van der Waals surface area contributed by atoms with Crippen molar-refractivity contribution in [3.63, 3.8) is 0 Å². The molecule has 0 atom stereocenters. The Kier molecular flexibility index (Phi) is 5.40. The molecular formula is C25H23NOS2. The average Bonchev–Trinajstić information content (AvgIpc) is 2.80. The van der Waals surface area contributed by atoms with Gasteiger partial charge in [-0.05, 0) is 17.7 Å². The third-order valence-corrected chi connectivity index (χ3v) is 8.17. The minimum absolute atomic E-state index is 0.331. The van der Waals surface area contributed by atoms with Gasteiger partial charge in [-0.2, -0.15) is 0 Å². The van der Waals surface area contributed by atoms with Gasteiger partial charge >= 0.3 is 0 Å². The van der Waals surface area contributed by atoms with Crippen LogP contribution in [0.15, 0.2) is 83.1 Å². The van der Waals surface area contributed by atoms with Crippen LogP contribution in [0.2, 0.25) is 0 Å².